The molecule has 0 bridgehead atoms. The van der Waals surface area contributed by atoms with Gasteiger partial charge in [0.2, 0.25) is 0 Å². The zero-order valence-electron chi connectivity index (χ0n) is 12.5. The summed E-state index contributed by atoms with van der Waals surface area (Å²) in [5, 5.41) is 0. The van der Waals surface area contributed by atoms with Crippen molar-refractivity contribution in [1.82, 2.24) is 4.90 Å². The zero-order chi connectivity index (χ0) is 14.8. The van der Waals surface area contributed by atoms with Gasteiger partial charge in [-0.3, -0.25) is 9.11 Å². The quantitative estimate of drug-likeness (QED) is 0.800. The van der Waals surface area contributed by atoms with Crippen LogP contribution in [-0.4, -0.2) is 45.9 Å². The van der Waals surface area contributed by atoms with Crippen LogP contribution in [0.15, 0.2) is 29.2 Å². The van der Waals surface area contributed by atoms with Crippen molar-refractivity contribution in [2.24, 2.45) is 5.92 Å². The Morgan fingerprint density at radius 1 is 1.29 bits per heavy atom. The van der Waals surface area contributed by atoms with E-state index in [2.05, 4.69) is 16.7 Å². The second-order valence-electron chi connectivity index (χ2n) is 6.18. The van der Waals surface area contributed by atoms with E-state index in [1.807, 2.05) is 12.1 Å². The Bertz CT molecular complexity index is 509. The summed E-state index contributed by atoms with van der Waals surface area (Å²) in [5.41, 5.74) is 1.02. The summed E-state index contributed by atoms with van der Waals surface area (Å²) in [5.74, 6) is 0.918. The van der Waals surface area contributed by atoms with Crippen molar-refractivity contribution in [2.75, 3.05) is 31.1 Å². The summed E-state index contributed by atoms with van der Waals surface area (Å²) in [7, 11) is 0. The third kappa shape index (κ3) is 3.30. The molecule has 21 heavy (non-hydrogen) atoms. The molecule has 0 radical (unpaired) electrons. The van der Waals surface area contributed by atoms with E-state index < -0.39 is 11.1 Å². The number of nitrogens with zero attached hydrogens (tertiary/aromatic N) is 2. The van der Waals surface area contributed by atoms with Gasteiger partial charge in [0.1, 0.15) is 0 Å². The van der Waals surface area contributed by atoms with Gasteiger partial charge in [-0.15, -0.1) is 0 Å². The first-order chi connectivity index (χ1) is 10.2. The van der Waals surface area contributed by atoms with E-state index in [4.69, 9.17) is 0 Å². The number of hydrogen-bond acceptors (Lipinski definition) is 4. The highest BCUT2D eigenvalue weighted by atomic mass is 32.2. The molecule has 0 saturated carbocycles. The van der Waals surface area contributed by atoms with Gasteiger partial charge in [-0.1, -0.05) is 19.4 Å². The molecule has 0 N–H and O–H groups in total. The summed E-state index contributed by atoms with van der Waals surface area (Å²) in [4.78, 5) is 5.25. The largest absolute Gasteiger partial charge is 0.768 e. The number of benzene rings is 1. The Balaban J connectivity index is 1.54. The maximum Gasteiger partial charge on any atom is 0.0446 e. The molecule has 1 aromatic rings. The lowest BCUT2D eigenvalue weighted by atomic mass is 9.92. The van der Waals surface area contributed by atoms with Gasteiger partial charge in [-0.05, 0) is 61.1 Å². The third-order valence-electron chi connectivity index (χ3n) is 4.98. The second kappa shape index (κ2) is 6.46. The average molecular weight is 307 g/mol. The van der Waals surface area contributed by atoms with Crippen LogP contribution in [0.3, 0.4) is 0 Å². The Morgan fingerprint density at radius 2 is 2.00 bits per heavy atom. The van der Waals surface area contributed by atoms with Gasteiger partial charge in [-0.25, -0.2) is 0 Å². The topological polar surface area (TPSA) is 46.6 Å². The van der Waals surface area contributed by atoms with Gasteiger partial charge in [0.05, 0.1) is 0 Å². The molecule has 0 aromatic heterocycles. The fourth-order valence-corrected chi connectivity index (χ4v) is 3.81. The second-order valence-corrected chi connectivity index (χ2v) is 7.12. The standard InChI is InChI=1S/C16H24N2O2S/c1-2-13-6-8-17(9-7-13)15-11-18(12-15)14-4-3-5-16(10-14)21(19)20/h3-5,10,13,15H,2,6-9,11-12H2,1H3,(H,19,20)/p-1. The normalized spacial score (nSPS) is 23.0. The number of anilines is 1. The van der Waals surface area contributed by atoms with Crippen molar-refractivity contribution in [2.45, 2.75) is 37.1 Å². The molecule has 2 saturated heterocycles. The highest BCUT2D eigenvalue weighted by Gasteiger charge is 2.33. The molecule has 4 nitrogen and oxygen atoms in total. The maximum absolute atomic E-state index is 11.0. The summed E-state index contributed by atoms with van der Waals surface area (Å²) >= 11 is -2.14. The van der Waals surface area contributed by atoms with Gasteiger partial charge in [0.25, 0.3) is 0 Å². The molecule has 0 amide bonds. The Kier molecular flexibility index (Phi) is 4.62. The SMILES string of the molecule is CCC1CCN(C2CN(c3cccc(S(=O)[O-])c3)C2)CC1. The fourth-order valence-electron chi connectivity index (χ4n) is 3.41. The monoisotopic (exact) mass is 307 g/mol. The molecule has 5 heteroatoms. The molecule has 0 spiro atoms. The highest BCUT2D eigenvalue weighted by Crippen LogP contribution is 2.28. The highest BCUT2D eigenvalue weighted by molar-refractivity contribution is 7.79. The Morgan fingerprint density at radius 3 is 2.62 bits per heavy atom. The van der Waals surface area contributed by atoms with Crippen molar-refractivity contribution in [1.29, 1.82) is 0 Å². The van der Waals surface area contributed by atoms with Crippen LogP contribution >= 0.6 is 0 Å². The van der Waals surface area contributed by atoms with Crippen LogP contribution in [-0.2, 0) is 11.1 Å². The first-order valence-corrected chi connectivity index (χ1v) is 8.93. The maximum atomic E-state index is 11.0. The first kappa shape index (κ1) is 15.0. The van der Waals surface area contributed by atoms with E-state index in [1.165, 1.54) is 32.4 Å². The summed E-state index contributed by atoms with van der Waals surface area (Å²) in [6.45, 7) is 6.78. The molecule has 1 atom stereocenters. The van der Waals surface area contributed by atoms with Crippen molar-refractivity contribution < 1.29 is 8.76 Å². The number of rotatable bonds is 4. The van der Waals surface area contributed by atoms with Crippen LogP contribution in [0.4, 0.5) is 5.69 Å². The van der Waals surface area contributed by atoms with Crippen molar-refractivity contribution in [3.8, 4) is 0 Å². The van der Waals surface area contributed by atoms with E-state index in [0.717, 1.165) is 24.7 Å². The van der Waals surface area contributed by atoms with Crippen molar-refractivity contribution >= 4 is 16.8 Å². The lowest BCUT2D eigenvalue weighted by molar-refractivity contribution is 0.112. The van der Waals surface area contributed by atoms with Crippen molar-refractivity contribution in [3.05, 3.63) is 24.3 Å². The van der Waals surface area contributed by atoms with Crippen LogP contribution in [0.1, 0.15) is 26.2 Å². The molecule has 1 aromatic carbocycles. The fraction of sp³-hybridized carbons (Fsp3) is 0.625. The van der Waals surface area contributed by atoms with Gasteiger partial charge >= 0.3 is 0 Å². The van der Waals surface area contributed by atoms with Crippen LogP contribution in [0, 0.1) is 5.92 Å². The minimum atomic E-state index is -2.14. The minimum Gasteiger partial charge on any atom is -0.768 e. The van der Waals surface area contributed by atoms with Gasteiger partial charge in [-0.2, -0.15) is 0 Å². The predicted molar refractivity (Wildman–Crippen MR) is 84.2 cm³/mol. The molecule has 3 rings (SSSR count). The summed E-state index contributed by atoms with van der Waals surface area (Å²) < 4.78 is 22.1. The predicted octanol–water partition coefficient (Wildman–Crippen LogP) is 2.24. The Hall–Kier alpha value is -0.910. The van der Waals surface area contributed by atoms with Crippen LogP contribution in [0.5, 0.6) is 0 Å². The van der Waals surface area contributed by atoms with E-state index in [1.54, 1.807) is 12.1 Å². The molecule has 2 fully saturated rings. The third-order valence-corrected chi connectivity index (χ3v) is 5.62. The van der Waals surface area contributed by atoms with Crippen LogP contribution in [0.25, 0.3) is 0 Å². The van der Waals surface area contributed by atoms with Gasteiger partial charge in [0.15, 0.2) is 0 Å². The van der Waals surface area contributed by atoms with Gasteiger partial charge < -0.3 is 9.45 Å². The lowest BCUT2D eigenvalue weighted by Gasteiger charge is -2.48. The molecular weight excluding hydrogens is 284 g/mol. The first-order valence-electron chi connectivity index (χ1n) is 7.85. The molecule has 0 aliphatic carbocycles. The van der Waals surface area contributed by atoms with Crippen LogP contribution in [0.2, 0.25) is 0 Å². The van der Waals surface area contributed by atoms with E-state index >= 15 is 0 Å². The summed E-state index contributed by atoms with van der Waals surface area (Å²) in [6, 6.07) is 7.86. The van der Waals surface area contributed by atoms with Crippen molar-refractivity contribution in [3.63, 3.8) is 0 Å². The molecular formula is C16H23N2O2S-. The molecule has 1 unspecified atom stereocenters. The number of piperidine rings is 1. The lowest BCUT2D eigenvalue weighted by Crippen LogP contribution is -2.61. The smallest absolute Gasteiger partial charge is 0.0446 e. The van der Waals surface area contributed by atoms with Gasteiger partial charge in [0, 0.05) is 29.7 Å². The molecule has 116 valence electrons. The average Bonchev–Trinajstić information content (AvgIpc) is 2.47. The van der Waals surface area contributed by atoms with E-state index in [9.17, 15) is 8.76 Å². The van der Waals surface area contributed by atoms with E-state index in [-0.39, 0.29) is 0 Å². The van der Waals surface area contributed by atoms with E-state index in [0.29, 0.717) is 10.9 Å². The zero-order valence-corrected chi connectivity index (χ0v) is 13.3. The molecule has 2 aliphatic rings. The number of likely N-dealkylation sites (tertiary alicyclic amines) is 1. The number of hydrogen-bond donors (Lipinski definition) is 0. The van der Waals surface area contributed by atoms with Crippen LogP contribution < -0.4 is 4.90 Å². The Labute approximate surface area is 129 Å². The summed E-state index contributed by atoms with van der Waals surface area (Å²) in [6.07, 6.45) is 3.97. The molecule has 2 aliphatic heterocycles. The molecule has 2 heterocycles. The minimum absolute atomic E-state index is 0.375.